The predicted molar refractivity (Wildman–Crippen MR) is 86.7 cm³/mol. The lowest BCUT2D eigenvalue weighted by atomic mass is 9.94. The quantitative estimate of drug-likeness (QED) is 0.748. The molecule has 0 radical (unpaired) electrons. The highest BCUT2D eigenvalue weighted by Gasteiger charge is 2.43. The van der Waals surface area contributed by atoms with Crippen molar-refractivity contribution < 1.29 is 4.84 Å². The van der Waals surface area contributed by atoms with Crippen LogP contribution in [-0.2, 0) is 4.84 Å². The van der Waals surface area contributed by atoms with Gasteiger partial charge in [-0.15, -0.1) is 0 Å². The molecule has 1 N–H and O–H groups in total. The Morgan fingerprint density at radius 2 is 1.95 bits per heavy atom. The van der Waals surface area contributed by atoms with Gasteiger partial charge in [0.15, 0.2) is 0 Å². The summed E-state index contributed by atoms with van der Waals surface area (Å²) in [6.07, 6.45) is 4.50. The van der Waals surface area contributed by atoms with E-state index in [1.54, 1.807) is 0 Å². The van der Waals surface area contributed by atoms with Crippen LogP contribution in [0, 0.1) is 0 Å². The maximum atomic E-state index is 6.10. The van der Waals surface area contributed by atoms with Crippen LogP contribution in [0.1, 0.15) is 67.2 Å². The van der Waals surface area contributed by atoms with Crippen LogP contribution >= 0.6 is 0 Å². The van der Waals surface area contributed by atoms with E-state index in [0.29, 0.717) is 6.04 Å². The van der Waals surface area contributed by atoms with E-state index in [4.69, 9.17) is 4.84 Å². The molecule has 0 bridgehead atoms. The Bertz CT molecular complexity index is 323. The SMILES string of the molecule is C=C(C)CN[C@@H]1CCC(C)(C)N(OCCC)C(C)(C)C1. The zero-order valence-corrected chi connectivity index (χ0v) is 14.4. The standard InChI is InChI=1S/C17H34N2O/c1-8-11-20-19-16(4,5)10-9-15(12-17(19,6)7)18-13-14(2)3/h15,18H,2,8-13H2,1,3-7H3/t15-/m1/s1. The molecule has 118 valence electrons. The van der Waals surface area contributed by atoms with E-state index in [1.165, 1.54) is 12.0 Å². The molecule has 0 aromatic carbocycles. The molecule has 3 nitrogen and oxygen atoms in total. The normalized spacial score (nSPS) is 26.2. The Balaban J connectivity index is 2.79. The molecule has 1 heterocycles. The van der Waals surface area contributed by atoms with E-state index in [2.05, 4.69) is 58.5 Å². The molecule has 0 unspecified atom stereocenters. The Morgan fingerprint density at radius 3 is 2.50 bits per heavy atom. The molecular weight excluding hydrogens is 248 g/mol. The minimum atomic E-state index is 0.0436. The van der Waals surface area contributed by atoms with Crippen LogP contribution in [-0.4, -0.2) is 35.3 Å². The second-order valence-corrected chi connectivity index (χ2v) is 7.53. The maximum absolute atomic E-state index is 6.10. The van der Waals surface area contributed by atoms with Crippen molar-refractivity contribution in [2.45, 2.75) is 84.3 Å². The van der Waals surface area contributed by atoms with Crippen LogP contribution in [0.4, 0.5) is 0 Å². The topological polar surface area (TPSA) is 24.5 Å². The van der Waals surface area contributed by atoms with Gasteiger partial charge in [0.25, 0.3) is 0 Å². The number of hydrogen-bond donors (Lipinski definition) is 1. The molecule has 0 amide bonds. The van der Waals surface area contributed by atoms with Gasteiger partial charge in [-0.1, -0.05) is 19.1 Å². The summed E-state index contributed by atoms with van der Waals surface area (Å²) in [6, 6.07) is 0.538. The van der Waals surface area contributed by atoms with Gasteiger partial charge in [-0.2, -0.15) is 5.06 Å². The maximum Gasteiger partial charge on any atom is 0.0683 e. The van der Waals surface area contributed by atoms with E-state index in [9.17, 15) is 0 Å². The summed E-state index contributed by atoms with van der Waals surface area (Å²) in [5.74, 6) is 0. The van der Waals surface area contributed by atoms with Gasteiger partial charge in [-0.3, -0.25) is 4.84 Å². The minimum absolute atomic E-state index is 0.0436. The van der Waals surface area contributed by atoms with Crippen LogP contribution in [0.2, 0.25) is 0 Å². The predicted octanol–water partition coefficient (Wildman–Crippen LogP) is 3.91. The lowest BCUT2D eigenvalue weighted by Gasteiger charge is -2.45. The summed E-state index contributed by atoms with van der Waals surface area (Å²) in [7, 11) is 0. The van der Waals surface area contributed by atoms with Gasteiger partial charge in [0, 0.05) is 23.7 Å². The van der Waals surface area contributed by atoms with Crippen molar-refractivity contribution in [2.75, 3.05) is 13.2 Å². The minimum Gasteiger partial charge on any atom is -0.310 e. The highest BCUT2D eigenvalue weighted by Crippen LogP contribution is 2.37. The first-order chi connectivity index (χ1) is 9.19. The van der Waals surface area contributed by atoms with E-state index in [1.807, 2.05) is 0 Å². The van der Waals surface area contributed by atoms with Crippen molar-refractivity contribution in [1.29, 1.82) is 0 Å². The van der Waals surface area contributed by atoms with Crippen molar-refractivity contribution in [3.63, 3.8) is 0 Å². The Kier molecular flexibility index (Phi) is 6.24. The fourth-order valence-corrected chi connectivity index (χ4v) is 3.26. The highest BCUT2D eigenvalue weighted by molar-refractivity contribution is 4.98. The van der Waals surface area contributed by atoms with Crippen molar-refractivity contribution in [3.8, 4) is 0 Å². The van der Waals surface area contributed by atoms with Gasteiger partial charge in [0.2, 0.25) is 0 Å². The third-order valence-corrected chi connectivity index (χ3v) is 4.07. The summed E-state index contributed by atoms with van der Waals surface area (Å²) in [4.78, 5) is 6.10. The van der Waals surface area contributed by atoms with Crippen LogP contribution in [0.15, 0.2) is 12.2 Å². The molecule has 1 aliphatic rings. The molecule has 0 aromatic rings. The average molecular weight is 282 g/mol. The first-order valence-electron chi connectivity index (χ1n) is 8.00. The van der Waals surface area contributed by atoms with Gasteiger partial charge in [-0.05, 0) is 60.3 Å². The van der Waals surface area contributed by atoms with Gasteiger partial charge in [0.05, 0.1) is 6.61 Å². The number of hydroxylamine groups is 2. The summed E-state index contributed by atoms with van der Waals surface area (Å²) in [5.41, 5.74) is 1.32. The van der Waals surface area contributed by atoms with Gasteiger partial charge in [0.1, 0.15) is 0 Å². The molecular formula is C17H34N2O. The van der Waals surface area contributed by atoms with Crippen LogP contribution in [0.25, 0.3) is 0 Å². The van der Waals surface area contributed by atoms with Crippen molar-refractivity contribution in [1.82, 2.24) is 10.4 Å². The lowest BCUT2D eigenvalue weighted by molar-refractivity contribution is -0.264. The van der Waals surface area contributed by atoms with Crippen LogP contribution < -0.4 is 5.32 Å². The molecule has 0 aromatic heterocycles. The largest absolute Gasteiger partial charge is 0.310 e. The van der Waals surface area contributed by atoms with E-state index in [-0.39, 0.29) is 11.1 Å². The average Bonchev–Trinajstić information content (AvgIpc) is 2.39. The molecule has 1 saturated heterocycles. The Hall–Kier alpha value is -0.380. The molecule has 1 aliphatic heterocycles. The second kappa shape index (κ2) is 7.06. The van der Waals surface area contributed by atoms with Gasteiger partial charge < -0.3 is 5.32 Å². The second-order valence-electron chi connectivity index (χ2n) is 7.53. The van der Waals surface area contributed by atoms with Crippen molar-refractivity contribution in [2.24, 2.45) is 0 Å². The molecule has 0 aliphatic carbocycles. The Labute approximate surface area is 125 Å². The Morgan fingerprint density at radius 1 is 1.30 bits per heavy atom. The molecule has 3 heteroatoms. The fourth-order valence-electron chi connectivity index (χ4n) is 3.26. The van der Waals surface area contributed by atoms with Gasteiger partial charge >= 0.3 is 0 Å². The smallest absolute Gasteiger partial charge is 0.0683 e. The van der Waals surface area contributed by atoms with Crippen molar-refractivity contribution in [3.05, 3.63) is 12.2 Å². The van der Waals surface area contributed by atoms with Crippen molar-refractivity contribution >= 4 is 0 Å². The van der Waals surface area contributed by atoms with E-state index >= 15 is 0 Å². The molecule has 20 heavy (non-hydrogen) atoms. The highest BCUT2D eigenvalue weighted by atomic mass is 16.7. The molecule has 0 saturated carbocycles. The number of hydrogen-bond acceptors (Lipinski definition) is 3. The number of nitrogens with one attached hydrogen (secondary N) is 1. The fraction of sp³-hybridized carbons (Fsp3) is 0.882. The molecule has 1 atom stereocenters. The third-order valence-electron chi connectivity index (χ3n) is 4.07. The summed E-state index contributed by atoms with van der Waals surface area (Å²) < 4.78 is 0. The number of nitrogens with zero attached hydrogens (tertiary/aromatic N) is 1. The summed E-state index contributed by atoms with van der Waals surface area (Å²) in [6.45, 7) is 19.1. The van der Waals surface area contributed by atoms with Crippen LogP contribution in [0.3, 0.4) is 0 Å². The zero-order valence-electron chi connectivity index (χ0n) is 14.4. The first kappa shape index (κ1) is 17.7. The summed E-state index contributed by atoms with van der Waals surface area (Å²) >= 11 is 0. The number of rotatable bonds is 6. The van der Waals surface area contributed by atoms with Crippen LogP contribution in [0.5, 0.6) is 0 Å². The lowest BCUT2D eigenvalue weighted by Crippen LogP contribution is -2.54. The zero-order chi connectivity index (χ0) is 15.4. The third kappa shape index (κ3) is 4.87. The first-order valence-corrected chi connectivity index (χ1v) is 8.00. The van der Waals surface area contributed by atoms with E-state index < -0.39 is 0 Å². The summed E-state index contributed by atoms with van der Waals surface area (Å²) in [5, 5.41) is 5.91. The monoisotopic (exact) mass is 282 g/mol. The van der Waals surface area contributed by atoms with Gasteiger partial charge in [-0.25, -0.2) is 0 Å². The van der Waals surface area contributed by atoms with E-state index in [0.717, 1.165) is 32.4 Å². The molecule has 0 spiro atoms. The molecule has 1 rings (SSSR count). The molecule has 1 fully saturated rings.